The molecular formula is C20H19F3N4O. The number of hydrogen-bond acceptors (Lipinski definition) is 2. The molecule has 0 aliphatic carbocycles. The van der Waals surface area contributed by atoms with Crippen molar-refractivity contribution >= 4 is 11.7 Å². The van der Waals surface area contributed by atoms with E-state index in [0.29, 0.717) is 13.0 Å². The van der Waals surface area contributed by atoms with Crippen LogP contribution in [0, 0.1) is 0 Å². The van der Waals surface area contributed by atoms with E-state index in [1.807, 2.05) is 37.5 Å². The molecule has 2 aromatic carbocycles. The Bertz CT molecular complexity index is 949. The number of alkyl halides is 3. The lowest BCUT2D eigenvalue weighted by Gasteiger charge is -2.14. The molecular weight excluding hydrogens is 369 g/mol. The number of aryl methyl sites for hydroxylation is 1. The van der Waals surface area contributed by atoms with E-state index in [4.69, 9.17) is 0 Å². The second kappa shape index (κ2) is 8.16. The monoisotopic (exact) mass is 388 g/mol. The number of anilines is 1. The molecule has 0 spiro atoms. The van der Waals surface area contributed by atoms with Crippen LogP contribution in [0.15, 0.2) is 60.9 Å². The van der Waals surface area contributed by atoms with Crippen molar-refractivity contribution in [3.63, 3.8) is 0 Å². The summed E-state index contributed by atoms with van der Waals surface area (Å²) in [7, 11) is 1.85. The van der Waals surface area contributed by atoms with Crippen LogP contribution in [0.5, 0.6) is 0 Å². The highest BCUT2D eigenvalue weighted by Crippen LogP contribution is 2.34. The zero-order chi connectivity index (χ0) is 20.1. The van der Waals surface area contributed by atoms with Crippen molar-refractivity contribution in [1.29, 1.82) is 0 Å². The van der Waals surface area contributed by atoms with Gasteiger partial charge in [-0.3, -0.25) is 4.68 Å². The van der Waals surface area contributed by atoms with Gasteiger partial charge in [0.05, 0.1) is 17.4 Å². The predicted octanol–water partition coefficient (Wildman–Crippen LogP) is 4.47. The lowest BCUT2D eigenvalue weighted by Crippen LogP contribution is -2.31. The van der Waals surface area contributed by atoms with Gasteiger partial charge in [-0.05, 0) is 29.7 Å². The van der Waals surface area contributed by atoms with Crippen molar-refractivity contribution < 1.29 is 18.0 Å². The molecule has 1 aromatic heterocycles. The minimum atomic E-state index is -4.53. The van der Waals surface area contributed by atoms with Crippen LogP contribution in [0.1, 0.15) is 11.1 Å². The summed E-state index contributed by atoms with van der Waals surface area (Å²) in [5.74, 6) is 0. The van der Waals surface area contributed by atoms with Gasteiger partial charge in [0.1, 0.15) is 0 Å². The molecule has 2 N–H and O–H groups in total. The number of carbonyl (C=O) groups is 1. The molecule has 0 radical (unpaired) electrons. The summed E-state index contributed by atoms with van der Waals surface area (Å²) in [4.78, 5) is 11.9. The molecule has 3 aromatic rings. The van der Waals surface area contributed by atoms with E-state index in [0.717, 1.165) is 22.8 Å². The van der Waals surface area contributed by atoms with Crippen molar-refractivity contribution in [3.8, 4) is 11.1 Å². The van der Waals surface area contributed by atoms with Crippen LogP contribution < -0.4 is 10.6 Å². The Balaban J connectivity index is 1.52. The van der Waals surface area contributed by atoms with Crippen LogP contribution in [0.4, 0.5) is 23.7 Å². The first-order chi connectivity index (χ1) is 13.3. The van der Waals surface area contributed by atoms with Crippen molar-refractivity contribution in [3.05, 3.63) is 72.1 Å². The smallest absolute Gasteiger partial charge is 0.338 e. The number of urea groups is 1. The maximum Gasteiger partial charge on any atom is 0.418 e. The van der Waals surface area contributed by atoms with Gasteiger partial charge in [-0.2, -0.15) is 18.3 Å². The Labute approximate surface area is 160 Å². The van der Waals surface area contributed by atoms with Crippen LogP contribution >= 0.6 is 0 Å². The van der Waals surface area contributed by atoms with Crippen LogP contribution in [-0.4, -0.2) is 22.4 Å². The van der Waals surface area contributed by atoms with Gasteiger partial charge in [0.2, 0.25) is 0 Å². The molecule has 8 heteroatoms. The van der Waals surface area contributed by atoms with Crippen molar-refractivity contribution in [2.75, 3.05) is 11.9 Å². The fraction of sp³-hybridized carbons (Fsp3) is 0.200. The number of hydrogen-bond donors (Lipinski definition) is 2. The van der Waals surface area contributed by atoms with Gasteiger partial charge in [-0.1, -0.05) is 36.4 Å². The number of para-hydroxylation sites is 1. The minimum Gasteiger partial charge on any atom is -0.338 e. The standard InChI is InChI=1S/C20H19F3N4O/c1-27-13-16(12-25-27)15-8-6-14(7-9-15)10-11-24-19(28)26-18-5-3-2-4-17(18)20(21,22)23/h2-9,12-13H,10-11H2,1H3,(H2,24,26,28). The topological polar surface area (TPSA) is 59.0 Å². The second-order valence-electron chi connectivity index (χ2n) is 6.27. The third-order valence-corrected chi connectivity index (χ3v) is 4.17. The fourth-order valence-corrected chi connectivity index (χ4v) is 2.76. The van der Waals surface area contributed by atoms with E-state index < -0.39 is 17.8 Å². The van der Waals surface area contributed by atoms with Crippen LogP contribution in [0.3, 0.4) is 0 Å². The SMILES string of the molecule is Cn1cc(-c2ccc(CCNC(=O)Nc3ccccc3C(F)(F)F)cc2)cn1. The lowest BCUT2D eigenvalue weighted by atomic mass is 10.1. The molecule has 146 valence electrons. The first-order valence-corrected chi connectivity index (χ1v) is 8.62. The third kappa shape index (κ3) is 4.91. The van der Waals surface area contributed by atoms with Gasteiger partial charge in [0, 0.05) is 25.4 Å². The summed E-state index contributed by atoms with van der Waals surface area (Å²) in [5.41, 5.74) is 1.90. The Morgan fingerprint density at radius 1 is 1.07 bits per heavy atom. The van der Waals surface area contributed by atoms with Crippen LogP contribution in [0.2, 0.25) is 0 Å². The Morgan fingerprint density at radius 2 is 1.79 bits per heavy atom. The van der Waals surface area contributed by atoms with E-state index in [1.54, 1.807) is 10.9 Å². The highest BCUT2D eigenvalue weighted by Gasteiger charge is 2.33. The van der Waals surface area contributed by atoms with E-state index >= 15 is 0 Å². The predicted molar refractivity (Wildman–Crippen MR) is 101 cm³/mol. The summed E-state index contributed by atoms with van der Waals surface area (Å²) < 4.78 is 40.6. The number of rotatable bonds is 5. The van der Waals surface area contributed by atoms with Crippen LogP contribution in [0.25, 0.3) is 11.1 Å². The number of halogens is 3. The first kappa shape index (κ1) is 19.5. The zero-order valence-electron chi connectivity index (χ0n) is 15.1. The summed E-state index contributed by atoms with van der Waals surface area (Å²) in [6, 6.07) is 12.0. The molecule has 0 unspecified atom stereocenters. The van der Waals surface area contributed by atoms with Gasteiger partial charge in [0.15, 0.2) is 0 Å². The molecule has 0 bridgehead atoms. The average Bonchev–Trinajstić information content (AvgIpc) is 3.08. The first-order valence-electron chi connectivity index (χ1n) is 8.62. The molecule has 3 rings (SSSR count). The highest BCUT2D eigenvalue weighted by atomic mass is 19.4. The molecule has 5 nitrogen and oxygen atoms in total. The van der Waals surface area contributed by atoms with E-state index in [1.165, 1.54) is 18.2 Å². The lowest BCUT2D eigenvalue weighted by molar-refractivity contribution is -0.136. The number of nitrogens with one attached hydrogen (secondary N) is 2. The molecule has 0 fully saturated rings. The van der Waals surface area contributed by atoms with E-state index in [9.17, 15) is 18.0 Å². The Morgan fingerprint density at radius 3 is 2.43 bits per heavy atom. The molecule has 0 aliphatic heterocycles. The molecule has 1 heterocycles. The Hall–Kier alpha value is -3.29. The van der Waals surface area contributed by atoms with Crippen molar-refractivity contribution in [2.24, 2.45) is 7.05 Å². The quantitative estimate of drug-likeness (QED) is 0.678. The molecule has 0 saturated carbocycles. The number of amides is 2. The molecule has 0 atom stereocenters. The van der Waals surface area contributed by atoms with Crippen molar-refractivity contribution in [2.45, 2.75) is 12.6 Å². The van der Waals surface area contributed by atoms with Gasteiger partial charge in [0.25, 0.3) is 0 Å². The second-order valence-corrected chi connectivity index (χ2v) is 6.27. The maximum atomic E-state index is 13.0. The van der Waals surface area contributed by atoms with E-state index in [-0.39, 0.29) is 5.69 Å². The van der Waals surface area contributed by atoms with Gasteiger partial charge < -0.3 is 10.6 Å². The van der Waals surface area contributed by atoms with Gasteiger partial charge in [-0.25, -0.2) is 4.79 Å². The number of carbonyl (C=O) groups excluding carboxylic acids is 1. The molecule has 28 heavy (non-hydrogen) atoms. The van der Waals surface area contributed by atoms with Crippen molar-refractivity contribution in [1.82, 2.24) is 15.1 Å². The summed E-state index contributed by atoms with van der Waals surface area (Å²) >= 11 is 0. The summed E-state index contributed by atoms with van der Waals surface area (Å²) in [6.07, 6.45) is -0.277. The summed E-state index contributed by atoms with van der Waals surface area (Å²) in [5, 5.41) is 8.97. The fourth-order valence-electron chi connectivity index (χ4n) is 2.76. The number of nitrogens with zero attached hydrogens (tertiary/aromatic N) is 2. The number of aromatic nitrogens is 2. The third-order valence-electron chi connectivity index (χ3n) is 4.17. The maximum absolute atomic E-state index is 13.0. The van der Waals surface area contributed by atoms with Gasteiger partial charge >= 0.3 is 12.2 Å². The number of benzene rings is 2. The van der Waals surface area contributed by atoms with Gasteiger partial charge in [-0.15, -0.1) is 0 Å². The normalized spacial score (nSPS) is 11.3. The molecule has 2 amide bonds. The minimum absolute atomic E-state index is 0.270. The molecule has 0 saturated heterocycles. The molecule has 0 aliphatic rings. The van der Waals surface area contributed by atoms with Crippen LogP contribution in [-0.2, 0) is 19.6 Å². The largest absolute Gasteiger partial charge is 0.418 e. The van der Waals surface area contributed by atoms with E-state index in [2.05, 4.69) is 15.7 Å². The Kier molecular flexibility index (Phi) is 5.67. The summed E-state index contributed by atoms with van der Waals surface area (Å²) in [6.45, 7) is 0.298. The average molecular weight is 388 g/mol. The zero-order valence-corrected chi connectivity index (χ0v) is 15.1. The highest BCUT2D eigenvalue weighted by molar-refractivity contribution is 5.90.